The zero-order valence-corrected chi connectivity index (χ0v) is 18.2. The quantitative estimate of drug-likeness (QED) is 0.226. The minimum absolute atomic E-state index is 0.203. The Labute approximate surface area is 196 Å². The number of hydrogen-bond donors (Lipinski definition) is 4. The third-order valence-electron chi connectivity index (χ3n) is 5.32. The van der Waals surface area contributed by atoms with Crippen LogP contribution in [0.1, 0.15) is 0 Å². The molecule has 0 saturated heterocycles. The molecule has 5 aromatic rings. The summed E-state index contributed by atoms with van der Waals surface area (Å²) >= 11 is 0. The maximum absolute atomic E-state index is 6.23. The normalized spacial score (nSPS) is 11.4. The average Bonchev–Trinajstić information content (AvgIpc) is 3.31. The Morgan fingerprint density at radius 3 is 2.09 bits per heavy atom. The number of H-pyrrole nitrogens is 1. The number of para-hydroxylation sites is 1. The number of rotatable bonds is 5. The molecule has 0 bridgehead atoms. The summed E-state index contributed by atoms with van der Waals surface area (Å²) in [5, 5.41) is 18.5. The molecule has 2 aromatic heterocycles. The second-order valence-electron chi connectivity index (χ2n) is 7.55. The highest BCUT2D eigenvalue weighted by molar-refractivity contribution is 6.00. The van der Waals surface area contributed by atoms with E-state index < -0.39 is 0 Å². The second-order valence-corrected chi connectivity index (χ2v) is 7.55. The Bertz CT molecular complexity index is 1440. The molecule has 8 heteroatoms. The molecule has 0 spiro atoms. The fourth-order valence-corrected chi connectivity index (χ4v) is 3.73. The van der Waals surface area contributed by atoms with Gasteiger partial charge in [-0.3, -0.25) is 5.10 Å². The van der Waals surface area contributed by atoms with E-state index in [9.17, 15) is 0 Å². The first kappa shape index (κ1) is 20.9. The Kier molecular flexibility index (Phi) is 5.69. The molecule has 166 valence electrons. The van der Waals surface area contributed by atoms with Gasteiger partial charge in [0.25, 0.3) is 0 Å². The highest BCUT2D eigenvalue weighted by Crippen LogP contribution is 2.37. The topological polar surface area (TPSA) is 131 Å². The van der Waals surface area contributed by atoms with Crippen LogP contribution in [-0.2, 0) is 0 Å². The van der Waals surface area contributed by atoms with Gasteiger partial charge in [-0.2, -0.15) is 10.1 Å². The highest BCUT2D eigenvalue weighted by Gasteiger charge is 2.14. The first-order valence-corrected chi connectivity index (χ1v) is 10.7. The summed E-state index contributed by atoms with van der Waals surface area (Å²) in [5.41, 5.74) is 18.6. The van der Waals surface area contributed by atoms with Gasteiger partial charge in [0.05, 0.1) is 11.9 Å². The van der Waals surface area contributed by atoms with Crippen LogP contribution >= 0.6 is 0 Å². The SMILES string of the molecule is NC(=Nc1ccc(-c2ccccc2)nn1)Nc1ccccc1-c1ccccc1-c1cn[nH]c1N. The van der Waals surface area contributed by atoms with Crippen molar-refractivity contribution >= 4 is 23.3 Å². The van der Waals surface area contributed by atoms with Crippen molar-refractivity contribution in [1.82, 2.24) is 20.4 Å². The molecule has 0 radical (unpaired) electrons. The van der Waals surface area contributed by atoms with Crippen LogP contribution < -0.4 is 16.8 Å². The molecule has 0 unspecified atom stereocenters. The van der Waals surface area contributed by atoms with Gasteiger partial charge >= 0.3 is 0 Å². The largest absolute Gasteiger partial charge is 0.384 e. The number of hydrogen-bond acceptors (Lipinski definition) is 5. The Hall–Kier alpha value is -4.98. The van der Waals surface area contributed by atoms with Crippen LogP contribution in [0.5, 0.6) is 0 Å². The Balaban J connectivity index is 1.43. The van der Waals surface area contributed by atoms with Crippen LogP contribution in [0.4, 0.5) is 17.3 Å². The predicted molar refractivity (Wildman–Crippen MR) is 136 cm³/mol. The van der Waals surface area contributed by atoms with Crippen molar-refractivity contribution in [3.05, 3.63) is 97.2 Å². The number of aromatic nitrogens is 4. The Morgan fingerprint density at radius 2 is 1.41 bits per heavy atom. The van der Waals surface area contributed by atoms with Gasteiger partial charge in [-0.15, -0.1) is 10.2 Å². The van der Waals surface area contributed by atoms with E-state index in [1.54, 1.807) is 12.3 Å². The summed E-state index contributed by atoms with van der Waals surface area (Å²) in [5.74, 6) is 1.12. The third-order valence-corrected chi connectivity index (χ3v) is 5.32. The molecule has 0 aliphatic carbocycles. The summed E-state index contributed by atoms with van der Waals surface area (Å²) in [7, 11) is 0. The van der Waals surface area contributed by atoms with E-state index in [-0.39, 0.29) is 5.96 Å². The zero-order valence-electron chi connectivity index (χ0n) is 18.2. The maximum atomic E-state index is 6.23. The van der Waals surface area contributed by atoms with Crippen molar-refractivity contribution in [2.24, 2.45) is 10.7 Å². The van der Waals surface area contributed by atoms with Crippen molar-refractivity contribution in [2.45, 2.75) is 0 Å². The van der Waals surface area contributed by atoms with Gasteiger partial charge in [-0.25, -0.2) is 0 Å². The second kappa shape index (κ2) is 9.25. The van der Waals surface area contributed by atoms with Crippen molar-refractivity contribution < 1.29 is 0 Å². The summed E-state index contributed by atoms with van der Waals surface area (Å²) in [6, 6.07) is 29.3. The lowest BCUT2D eigenvalue weighted by atomic mass is 9.94. The molecule has 6 N–H and O–H groups in total. The predicted octanol–water partition coefficient (Wildman–Crippen LogP) is 4.84. The van der Waals surface area contributed by atoms with Crippen LogP contribution in [0.25, 0.3) is 33.5 Å². The number of aliphatic imine (C=N–C) groups is 1. The lowest BCUT2D eigenvalue weighted by Gasteiger charge is -2.15. The molecule has 0 aliphatic heterocycles. The first-order chi connectivity index (χ1) is 16.7. The van der Waals surface area contributed by atoms with Gasteiger partial charge in [-0.05, 0) is 29.3 Å². The molecule has 3 aromatic carbocycles. The third kappa shape index (κ3) is 4.33. The monoisotopic (exact) mass is 446 g/mol. The molecule has 8 nitrogen and oxygen atoms in total. The molecule has 5 rings (SSSR count). The summed E-state index contributed by atoms with van der Waals surface area (Å²) in [4.78, 5) is 4.39. The molecule has 0 fully saturated rings. The van der Waals surface area contributed by atoms with E-state index in [1.165, 1.54) is 0 Å². The van der Waals surface area contributed by atoms with Crippen molar-refractivity contribution in [1.29, 1.82) is 0 Å². The van der Waals surface area contributed by atoms with Gasteiger partial charge in [0, 0.05) is 22.4 Å². The average molecular weight is 447 g/mol. The van der Waals surface area contributed by atoms with Gasteiger partial charge in [-0.1, -0.05) is 72.8 Å². The molecule has 2 heterocycles. The lowest BCUT2D eigenvalue weighted by Crippen LogP contribution is -2.22. The summed E-state index contributed by atoms with van der Waals surface area (Å²) < 4.78 is 0. The molecule has 0 aliphatic rings. The molecular weight excluding hydrogens is 424 g/mol. The minimum Gasteiger partial charge on any atom is -0.384 e. The van der Waals surface area contributed by atoms with Gasteiger partial charge in [0.15, 0.2) is 11.8 Å². The molecule has 34 heavy (non-hydrogen) atoms. The Morgan fingerprint density at radius 1 is 0.735 bits per heavy atom. The van der Waals surface area contributed by atoms with E-state index in [1.807, 2.05) is 84.9 Å². The van der Waals surface area contributed by atoms with Crippen LogP contribution in [0.2, 0.25) is 0 Å². The van der Waals surface area contributed by atoms with Crippen LogP contribution in [0.15, 0.2) is 102 Å². The van der Waals surface area contributed by atoms with Gasteiger partial charge < -0.3 is 16.8 Å². The van der Waals surface area contributed by atoms with Crippen molar-refractivity contribution in [3.8, 4) is 33.5 Å². The van der Waals surface area contributed by atoms with E-state index in [0.29, 0.717) is 11.6 Å². The number of guanidine groups is 1. The van der Waals surface area contributed by atoms with Crippen LogP contribution in [-0.4, -0.2) is 26.4 Å². The maximum Gasteiger partial charge on any atom is 0.199 e. The summed E-state index contributed by atoms with van der Waals surface area (Å²) in [6.45, 7) is 0. The van der Waals surface area contributed by atoms with Gasteiger partial charge in [0.2, 0.25) is 0 Å². The number of anilines is 2. The lowest BCUT2D eigenvalue weighted by molar-refractivity contribution is 1.03. The fraction of sp³-hybridized carbons (Fsp3) is 0. The van der Waals surface area contributed by atoms with Gasteiger partial charge in [0.1, 0.15) is 5.82 Å². The highest BCUT2D eigenvalue weighted by atomic mass is 15.2. The minimum atomic E-state index is 0.203. The zero-order chi connectivity index (χ0) is 23.3. The molecule has 0 saturated carbocycles. The number of benzene rings is 3. The number of aromatic amines is 1. The van der Waals surface area contributed by atoms with Crippen LogP contribution in [0, 0.1) is 0 Å². The fourth-order valence-electron chi connectivity index (χ4n) is 3.73. The van der Waals surface area contributed by atoms with E-state index in [2.05, 4.69) is 30.7 Å². The summed E-state index contributed by atoms with van der Waals surface area (Å²) in [6.07, 6.45) is 1.72. The van der Waals surface area contributed by atoms with E-state index in [0.717, 1.165) is 39.2 Å². The number of nitrogens with one attached hydrogen (secondary N) is 2. The molecule has 0 amide bonds. The van der Waals surface area contributed by atoms with Crippen LogP contribution in [0.3, 0.4) is 0 Å². The standard InChI is InChI=1S/C26H22N8/c27-25-21(16-29-34-25)19-11-5-4-10-18(19)20-12-6-7-13-23(20)30-26(28)31-24-15-14-22(32-33-24)17-8-2-1-3-9-17/h1-16H,(H3,27,29,34)(H3,28,30,31,33). The molecule has 0 atom stereocenters. The molecular formula is C26H22N8. The van der Waals surface area contributed by atoms with E-state index >= 15 is 0 Å². The first-order valence-electron chi connectivity index (χ1n) is 10.7. The number of nitrogen functional groups attached to an aromatic ring is 1. The smallest absolute Gasteiger partial charge is 0.199 e. The number of nitrogens with zero attached hydrogens (tertiary/aromatic N) is 4. The van der Waals surface area contributed by atoms with Crippen molar-refractivity contribution in [3.63, 3.8) is 0 Å². The van der Waals surface area contributed by atoms with E-state index in [4.69, 9.17) is 11.5 Å². The van der Waals surface area contributed by atoms with Crippen molar-refractivity contribution in [2.75, 3.05) is 11.1 Å². The number of nitrogens with two attached hydrogens (primary N) is 2.